The van der Waals surface area contributed by atoms with Crippen molar-refractivity contribution >= 4 is 11.8 Å². The summed E-state index contributed by atoms with van der Waals surface area (Å²) in [5.41, 5.74) is 0.613. The van der Waals surface area contributed by atoms with Crippen LogP contribution in [-0.4, -0.2) is 66.4 Å². The van der Waals surface area contributed by atoms with E-state index in [1.807, 2.05) is 4.90 Å². The molecule has 0 aliphatic carbocycles. The van der Waals surface area contributed by atoms with Gasteiger partial charge >= 0.3 is 0 Å². The Bertz CT molecular complexity index is 441. The average molecular weight is 262 g/mol. The van der Waals surface area contributed by atoms with Crippen molar-refractivity contribution in [2.24, 2.45) is 0 Å². The summed E-state index contributed by atoms with van der Waals surface area (Å²) >= 11 is 0. The zero-order chi connectivity index (χ0) is 13.7. The predicted octanol–water partition coefficient (Wildman–Crippen LogP) is -0.415. The molecule has 2 heterocycles. The molecule has 102 valence electrons. The molecule has 0 unspecified atom stereocenters. The average Bonchev–Trinajstić information content (AvgIpc) is 2.48. The molecule has 0 aromatic carbocycles. The number of aromatic nitrogens is 1. The normalized spacial score (nSPS) is 16.2. The second kappa shape index (κ2) is 6.29. The first kappa shape index (κ1) is 13.5. The fraction of sp³-hybridized carbons (Fsp3) is 0.462. The lowest BCUT2D eigenvalue weighted by molar-refractivity contribution is -0.122. The number of carbonyl (C=O) groups excluding carboxylic acids is 2. The quantitative estimate of drug-likeness (QED) is 0.804. The molecule has 6 nitrogen and oxygen atoms in total. The van der Waals surface area contributed by atoms with Crippen LogP contribution in [0, 0.1) is 0 Å². The summed E-state index contributed by atoms with van der Waals surface area (Å²) < 4.78 is 0. The van der Waals surface area contributed by atoms with Crippen molar-refractivity contribution in [1.29, 1.82) is 0 Å². The van der Waals surface area contributed by atoms with Gasteiger partial charge in [0, 0.05) is 45.6 Å². The predicted molar refractivity (Wildman–Crippen MR) is 70.6 cm³/mol. The number of hydrogen-bond donors (Lipinski definition) is 1. The molecule has 0 saturated carbocycles. The van der Waals surface area contributed by atoms with Crippen LogP contribution in [0.3, 0.4) is 0 Å². The second-order valence-corrected chi connectivity index (χ2v) is 4.48. The summed E-state index contributed by atoms with van der Waals surface area (Å²) in [5, 5.41) is 2.60. The lowest BCUT2D eigenvalue weighted by atomic mass is 10.2. The highest BCUT2D eigenvalue weighted by Crippen LogP contribution is 2.07. The first-order chi connectivity index (χ1) is 9.20. The summed E-state index contributed by atoms with van der Waals surface area (Å²) in [6, 6.07) is 3.53. The molecule has 19 heavy (non-hydrogen) atoms. The van der Waals surface area contributed by atoms with Crippen LogP contribution in [0.4, 0.5) is 0 Å². The molecular formula is C13H18N4O2. The highest BCUT2D eigenvalue weighted by atomic mass is 16.2. The molecule has 0 radical (unpaired) electrons. The van der Waals surface area contributed by atoms with Crippen molar-refractivity contribution < 1.29 is 9.59 Å². The van der Waals surface area contributed by atoms with Gasteiger partial charge in [-0.2, -0.15) is 0 Å². The van der Waals surface area contributed by atoms with E-state index in [1.165, 1.54) is 0 Å². The fourth-order valence-corrected chi connectivity index (χ4v) is 2.06. The van der Waals surface area contributed by atoms with Gasteiger partial charge in [-0.05, 0) is 12.1 Å². The van der Waals surface area contributed by atoms with E-state index in [9.17, 15) is 9.59 Å². The summed E-state index contributed by atoms with van der Waals surface area (Å²) in [5.74, 6) is 0.0136. The first-order valence-electron chi connectivity index (χ1n) is 6.33. The minimum atomic E-state index is 0.00651. The van der Waals surface area contributed by atoms with Crippen LogP contribution in [0.25, 0.3) is 0 Å². The van der Waals surface area contributed by atoms with Crippen LogP contribution < -0.4 is 5.32 Å². The van der Waals surface area contributed by atoms with Crippen LogP contribution in [-0.2, 0) is 4.79 Å². The van der Waals surface area contributed by atoms with E-state index < -0.39 is 0 Å². The van der Waals surface area contributed by atoms with Crippen molar-refractivity contribution in [2.45, 2.75) is 0 Å². The van der Waals surface area contributed by atoms with E-state index in [1.54, 1.807) is 36.5 Å². The van der Waals surface area contributed by atoms with Gasteiger partial charge in [-0.15, -0.1) is 0 Å². The molecule has 1 aromatic rings. The first-order valence-corrected chi connectivity index (χ1v) is 6.33. The number of pyridine rings is 1. The molecule has 1 N–H and O–H groups in total. The molecule has 2 rings (SSSR count). The van der Waals surface area contributed by atoms with Gasteiger partial charge in [0.05, 0.1) is 12.1 Å². The highest BCUT2D eigenvalue weighted by molar-refractivity contribution is 5.93. The van der Waals surface area contributed by atoms with E-state index in [4.69, 9.17) is 0 Å². The summed E-state index contributed by atoms with van der Waals surface area (Å²) in [6.07, 6.45) is 3.23. The molecule has 0 spiro atoms. The maximum Gasteiger partial charge on any atom is 0.255 e. The third kappa shape index (κ3) is 3.51. The monoisotopic (exact) mass is 262 g/mol. The maximum atomic E-state index is 12.2. The number of hydrogen-bond acceptors (Lipinski definition) is 4. The summed E-state index contributed by atoms with van der Waals surface area (Å²) in [6.45, 7) is 3.12. The molecule has 0 bridgehead atoms. The van der Waals surface area contributed by atoms with E-state index >= 15 is 0 Å². The third-order valence-corrected chi connectivity index (χ3v) is 3.21. The molecule has 6 heteroatoms. The Kier molecular flexibility index (Phi) is 4.46. The van der Waals surface area contributed by atoms with Gasteiger partial charge in [0.25, 0.3) is 5.91 Å². The number of piperazine rings is 1. The van der Waals surface area contributed by atoms with E-state index in [0.717, 1.165) is 13.1 Å². The third-order valence-electron chi connectivity index (χ3n) is 3.21. The fourth-order valence-electron chi connectivity index (χ4n) is 2.06. The van der Waals surface area contributed by atoms with Gasteiger partial charge in [-0.1, -0.05) is 0 Å². The largest absolute Gasteiger partial charge is 0.358 e. The zero-order valence-electron chi connectivity index (χ0n) is 11.0. The van der Waals surface area contributed by atoms with Crippen LogP contribution in [0.15, 0.2) is 24.5 Å². The summed E-state index contributed by atoms with van der Waals surface area (Å²) in [4.78, 5) is 31.3. The van der Waals surface area contributed by atoms with Gasteiger partial charge in [0.2, 0.25) is 5.91 Å². The van der Waals surface area contributed by atoms with E-state index in [2.05, 4.69) is 10.3 Å². The van der Waals surface area contributed by atoms with Gasteiger partial charge in [-0.25, -0.2) is 0 Å². The Balaban J connectivity index is 1.86. The van der Waals surface area contributed by atoms with E-state index in [-0.39, 0.29) is 11.8 Å². The van der Waals surface area contributed by atoms with Crippen molar-refractivity contribution in [1.82, 2.24) is 20.1 Å². The molecule has 1 aliphatic rings. The number of nitrogens with one attached hydrogen (secondary N) is 1. The van der Waals surface area contributed by atoms with Gasteiger partial charge in [0.1, 0.15) is 0 Å². The minimum absolute atomic E-state index is 0.00651. The molecule has 1 fully saturated rings. The van der Waals surface area contributed by atoms with Crippen LogP contribution in [0.2, 0.25) is 0 Å². The Morgan fingerprint density at radius 2 is 2.05 bits per heavy atom. The number of likely N-dealkylation sites (N-methyl/N-ethyl adjacent to an activating group) is 1. The Labute approximate surface area is 112 Å². The van der Waals surface area contributed by atoms with Gasteiger partial charge in [-0.3, -0.25) is 19.5 Å². The van der Waals surface area contributed by atoms with Gasteiger partial charge < -0.3 is 10.2 Å². The Hall–Kier alpha value is -1.95. The highest BCUT2D eigenvalue weighted by Gasteiger charge is 2.22. The molecule has 2 amide bonds. The molecule has 1 aromatic heterocycles. The minimum Gasteiger partial charge on any atom is -0.358 e. The number of rotatable bonds is 3. The number of amides is 2. The molecular weight excluding hydrogens is 244 g/mol. The van der Waals surface area contributed by atoms with Crippen molar-refractivity contribution in [3.63, 3.8) is 0 Å². The lowest BCUT2D eigenvalue weighted by Crippen LogP contribution is -2.50. The zero-order valence-corrected chi connectivity index (χ0v) is 11.0. The van der Waals surface area contributed by atoms with E-state index in [0.29, 0.717) is 25.2 Å². The number of nitrogens with zero attached hydrogens (tertiary/aromatic N) is 3. The molecule has 1 saturated heterocycles. The second-order valence-electron chi connectivity index (χ2n) is 4.48. The molecule has 0 atom stereocenters. The summed E-state index contributed by atoms with van der Waals surface area (Å²) in [7, 11) is 1.63. The SMILES string of the molecule is CNC(=O)CN1CCN(C(=O)c2cccnc2)CC1. The maximum absolute atomic E-state index is 12.2. The topological polar surface area (TPSA) is 65.5 Å². The molecule has 1 aliphatic heterocycles. The van der Waals surface area contributed by atoms with Crippen molar-refractivity contribution in [3.05, 3.63) is 30.1 Å². The lowest BCUT2D eigenvalue weighted by Gasteiger charge is -2.34. The van der Waals surface area contributed by atoms with Crippen LogP contribution >= 0.6 is 0 Å². The standard InChI is InChI=1S/C13H18N4O2/c1-14-12(18)10-16-5-7-17(8-6-16)13(19)11-3-2-4-15-9-11/h2-4,9H,5-8,10H2,1H3,(H,14,18). The number of carbonyl (C=O) groups is 2. The Morgan fingerprint density at radius 3 is 2.63 bits per heavy atom. The van der Waals surface area contributed by atoms with Gasteiger partial charge in [0.15, 0.2) is 0 Å². The van der Waals surface area contributed by atoms with Crippen LogP contribution in [0.1, 0.15) is 10.4 Å². The Morgan fingerprint density at radius 1 is 1.32 bits per heavy atom. The van der Waals surface area contributed by atoms with Crippen molar-refractivity contribution in [3.8, 4) is 0 Å². The van der Waals surface area contributed by atoms with Crippen LogP contribution in [0.5, 0.6) is 0 Å². The smallest absolute Gasteiger partial charge is 0.255 e. The van der Waals surface area contributed by atoms with Crippen molar-refractivity contribution in [2.75, 3.05) is 39.8 Å².